The molecule has 0 spiro atoms. The summed E-state index contributed by atoms with van der Waals surface area (Å²) in [7, 11) is 0. The van der Waals surface area contributed by atoms with Crippen LogP contribution < -0.4 is 0 Å². The van der Waals surface area contributed by atoms with Gasteiger partial charge in [0.25, 0.3) is 0 Å². The Hall–Kier alpha value is -2.08. The Kier molecular flexibility index (Phi) is 5.58. The second kappa shape index (κ2) is 7.87. The number of nitrogens with zero attached hydrogens (tertiary/aromatic N) is 2. The van der Waals surface area contributed by atoms with E-state index in [9.17, 15) is 9.59 Å². The number of thiophene rings is 1. The lowest BCUT2D eigenvalue weighted by Crippen LogP contribution is -2.38. The van der Waals surface area contributed by atoms with Crippen molar-refractivity contribution < 1.29 is 9.59 Å². The average Bonchev–Trinajstić information content (AvgIpc) is 3.09. The number of hydrogen-bond acceptors (Lipinski definition) is 3. The van der Waals surface area contributed by atoms with Crippen LogP contribution in [0.4, 0.5) is 0 Å². The van der Waals surface area contributed by atoms with Gasteiger partial charge in [-0.05, 0) is 43.3 Å². The van der Waals surface area contributed by atoms with E-state index in [2.05, 4.69) is 4.98 Å². The highest BCUT2D eigenvalue weighted by Gasteiger charge is 2.22. The SMILES string of the molecule is Cc1cc(CC(=O)N2CCCN(C(=O)Cc3cccs3)CC2)c(C)[nH]1. The number of aryl methyl sites for hydroxylation is 2. The Morgan fingerprint density at radius 1 is 1.08 bits per heavy atom. The highest BCUT2D eigenvalue weighted by atomic mass is 32.1. The van der Waals surface area contributed by atoms with Gasteiger partial charge in [0.05, 0.1) is 12.8 Å². The molecule has 2 amide bonds. The molecular weight excluding hydrogens is 334 g/mol. The van der Waals surface area contributed by atoms with Crippen molar-refractivity contribution in [3.8, 4) is 0 Å². The summed E-state index contributed by atoms with van der Waals surface area (Å²) in [5.74, 6) is 0.309. The number of hydrogen-bond donors (Lipinski definition) is 1. The minimum atomic E-state index is 0.148. The van der Waals surface area contributed by atoms with E-state index in [0.717, 1.165) is 41.3 Å². The molecule has 0 unspecified atom stereocenters. The fourth-order valence-corrected chi connectivity index (χ4v) is 4.03. The van der Waals surface area contributed by atoms with E-state index in [4.69, 9.17) is 0 Å². The summed E-state index contributed by atoms with van der Waals surface area (Å²) in [5, 5.41) is 2.00. The van der Waals surface area contributed by atoms with Gasteiger partial charge in [-0.25, -0.2) is 0 Å². The first-order valence-electron chi connectivity index (χ1n) is 8.76. The molecule has 0 atom stereocenters. The number of rotatable bonds is 4. The van der Waals surface area contributed by atoms with Crippen molar-refractivity contribution >= 4 is 23.2 Å². The maximum atomic E-state index is 12.6. The molecule has 3 rings (SSSR count). The average molecular weight is 359 g/mol. The molecule has 1 saturated heterocycles. The van der Waals surface area contributed by atoms with Gasteiger partial charge in [0.2, 0.25) is 11.8 Å². The fraction of sp³-hybridized carbons (Fsp3) is 0.474. The third-order valence-corrected chi connectivity index (χ3v) is 5.58. The first kappa shape index (κ1) is 17.7. The van der Waals surface area contributed by atoms with Gasteiger partial charge in [-0.1, -0.05) is 6.07 Å². The second-order valence-electron chi connectivity index (χ2n) is 6.65. The number of nitrogens with one attached hydrogen (secondary N) is 1. The zero-order valence-corrected chi connectivity index (χ0v) is 15.7. The number of H-pyrrole nitrogens is 1. The van der Waals surface area contributed by atoms with Crippen LogP contribution in [-0.2, 0) is 22.4 Å². The van der Waals surface area contributed by atoms with Gasteiger partial charge in [-0.2, -0.15) is 0 Å². The smallest absolute Gasteiger partial charge is 0.227 e. The number of carbonyl (C=O) groups is 2. The molecule has 1 N–H and O–H groups in total. The Bertz CT molecular complexity index is 736. The number of aromatic nitrogens is 1. The van der Waals surface area contributed by atoms with E-state index in [0.29, 0.717) is 25.9 Å². The zero-order chi connectivity index (χ0) is 17.8. The summed E-state index contributed by atoms with van der Waals surface area (Å²) in [6, 6.07) is 6.01. The van der Waals surface area contributed by atoms with Crippen LogP contribution >= 0.6 is 11.3 Å². The van der Waals surface area contributed by atoms with Gasteiger partial charge >= 0.3 is 0 Å². The van der Waals surface area contributed by atoms with E-state index in [-0.39, 0.29) is 11.8 Å². The topological polar surface area (TPSA) is 56.4 Å². The molecule has 2 aromatic rings. The van der Waals surface area contributed by atoms with Crippen molar-refractivity contribution in [1.29, 1.82) is 0 Å². The molecule has 3 heterocycles. The van der Waals surface area contributed by atoms with Crippen LogP contribution in [0, 0.1) is 13.8 Å². The Morgan fingerprint density at radius 2 is 1.76 bits per heavy atom. The molecule has 1 fully saturated rings. The zero-order valence-electron chi connectivity index (χ0n) is 14.9. The largest absolute Gasteiger partial charge is 0.362 e. The quantitative estimate of drug-likeness (QED) is 0.912. The maximum Gasteiger partial charge on any atom is 0.227 e. The monoisotopic (exact) mass is 359 g/mol. The van der Waals surface area contributed by atoms with Crippen LogP contribution in [0.2, 0.25) is 0 Å². The van der Waals surface area contributed by atoms with Crippen molar-refractivity contribution in [2.45, 2.75) is 33.1 Å². The molecule has 25 heavy (non-hydrogen) atoms. The van der Waals surface area contributed by atoms with Crippen LogP contribution in [0.15, 0.2) is 23.6 Å². The van der Waals surface area contributed by atoms with Crippen molar-refractivity contribution in [3.05, 3.63) is 45.4 Å². The van der Waals surface area contributed by atoms with Gasteiger partial charge < -0.3 is 14.8 Å². The summed E-state index contributed by atoms with van der Waals surface area (Å²) in [4.78, 5) is 33.2. The number of aromatic amines is 1. The van der Waals surface area contributed by atoms with E-state index in [1.54, 1.807) is 11.3 Å². The van der Waals surface area contributed by atoms with Gasteiger partial charge in [-0.15, -0.1) is 11.3 Å². The minimum absolute atomic E-state index is 0.148. The highest BCUT2D eigenvalue weighted by molar-refractivity contribution is 7.10. The lowest BCUT2D eigenvalue weighted by atomic mass is 10.1. The van der Waals surface area contributed by atoms with E-state index in [1.165, 1.54) is 0 Å². The summed E-state index contributed by atoms with van der Waals surface area (Å²) < 4.78 is 0. The first-order chi connectivity index (χ1) is 12.0. The predicted molar refractivity (Wildman–Crippen MR) is 99.8 cm³/mol. The first-order valence-corrected chi connectivity index (χ1v) is 9.64. The van der Waals surface area contributed by atoms with Crippen molar-refractivity contribution in [2.24, 2.45) is 0 Å². The molecule has 134 valence electrons. The second-order valence-corrected chi connectivity index (χ2v) is 7.68. The Morgan fingerprint density at radius 3 is 2.32 bits per heavy atom. The van der Waals surface area contributed by atoms with Crippen LogP contribution in [0.1, 0.15) is 28.2 Å². The molecule has 0 bridgehead atoms. The van der Waals surface area contributed by atoms with Crippen LogP contribution in [0.25, 0.3) is 0 Å². The van der Waals surface area contributed by atoms with Crippen molar-refractivity contribution in [1.82, 2.24) is 14.8 Å². The van der Waals surface area contributed by atoms with Crippen molar-refractivity contribution in [3.63, 3.8) is 0 Å². The molecule has 1 aliphatic rings. The molecule has 5 nitrogen and oxygen atoms in total. The Balaban J connectivity index is 1.54. The summed E-state index contributed by atoms with van der Waals surface area (Å²) in [6.07, 6.45) is 1.74. The van der Waals surface area contributed by atoms with E-state index >= 15 is 0 Å². The van der Waals surface area contributed by atoms with E-state index < -0.39 is 0 Å². The standard InChI is InChI=1S/C19H25N3O2S/c1-14-11-16(15(2)20-14)12-18(23)21-6-4-7-22(9-8-21)19(24)13-17-5-3-10-25-17/h3,5,10-11,20H,4,6-9,12-13H2,1-2H3. The molecule has 0 saturated carbocycles. The van der Waals surface area contributed by atoms with Crippen LogP contribution in [0.5, 0.6) is 0 Å². The fourth-order valence-electron chi connectivity index (χ4n) is 3.33. The summed E-state index contributed by atoms with van der Waals surface area (Å²) in [6.45, 7) is 6.71. The number of amides is 2. The molecule has 0 aromatic carbocycles. The molecule has 6 heteroatoms. The predicted octanol–water partition coefficient (Wildman–Crippen LogP) is 2.54. The molecule has 0 aliphatic carbocycles. The third-order valence-electron chi connectivity index (χ3n) is 4.71. The molecule has 2 aromatic heterocycles. The lowest BCUT2D eigenvalue weighted by molar-refractivity contribution is -0.132. The van der Waals surface area contributed by atoms with Gasteiger partial charge in [0.1, 0.15) is 0 Å². The maximum absolute atomic E-state index is 12.6. The normalized spacial score (nSPS) is 15.3. The van der Waals surface area contributed by atoms with Crippen LogP contribution in [0.3, 0.4) is 0 Å². The summed E-state index contributed by atoms with van der Waals surface area (Å²) >= 11 is 1.62. The van der Waals surface area contributed by atoms with E-state index in [1.807, 2.05) is 47.2 Å². The third kappa shape index (κ3) is 4.51. The molecule has 1 aliphatic heterocycles. The van der Waals surface area contributed by atoms with Gasteiger partial charge in [0, 0.05) is 42.4 Å². The van der Waals surface area contributed by atoms with Gasteiger partial charge in [0.15, 0.2) is 0 Å². The highest BCUT2D eigenvalue weighted by Crippen LogP contribution is 2.14. The van der Waals surface area contributed by atoms with Crippen LogP contribution in [-0.4, -0.2) is 52.8 Å². The van der Waals surface area contributed by atoms with Crippen molar-refractivity contribution in [2.75, 3.05) is 26.2 Å². The summed E-state index contributed by atoms with van der Waals surface area (Å²) in [5.41, 5.74) is 3.22. The molecule has 0 radical (unpaired) electrons. The minimum Gasteiger partial charge on any atom is -0.362 e. The Labute approximate surface area is 152 Å². The lowest BCUT2D eigenvalue weighted by Gasteiger charge is -2.22. The van der Waals surface area contributed by atoms with Gasteiger partial charge in [-0.3, -0.25) is 9.59 Å². The molecular formula is C19H25N3O2S. The number of carbonyl (C=O) groups excluding carboxylic acids is 2.